The maximum absolute atomic E-state index is 13.5. The highest BCUT2D eigenvalue weighted by molar-refractivity contribution is 5.04. The highest BCUT2D eigenvalue weighted by Crippen LogP contribution is 2.61. The second-order valence-electron chi connectivity index (χ2n) is 4.22. The van der Waals surface area contributed by atoms with Crippen LogP contribution in [-0.4, -0.2) is 35.8 Å². The van der Waals surface area contributed by atoms with E-state index in [1.54, 1.807) is 0 Å². The highest BCUT2D eigenvalue weighted by Gasteiger charge is 2.89. The van der Waals surface area contributed by atoms with Gasteiger partial charge in [-0.3, -0.25) is 9.47 Å². The van der Waals surface area contributed by atoms with E-state index in [1.165, 1.54) is 0 Å². The van der Waals surface area contributed by atoms with Gasteiger partial charge in [-0.2, -0.15) is 35.1 Å². The summed E-state index contributed by atoms with van der Waals surface area (Å²) in [6, 6.07) is 0. The molecule has 0 bridgehead atoms. The molecule has 1 saturated heterocycles. The van der Waals surface area contributed by atoms with Crippen LogP contribution < -0.4 is 0 Å². The Morgan fingerprint density at radius 2 is 1.20 bits per heavy atom. The quantitative estimate of drug-likeness (QED) is 0.718. The fraction of sp³-hybridized carbons (Fsp3) is 1.00. The Balaban J connectivity index is 3.39. The summed E-state index contributed by atoms with van der Waals surface area (Å²) in [5.41, 5.74) is 0. The number of hydrogen-bond acceptors (Lipinski definition) is 2. The van der Waals surface area contributed by atoms with Crippen molar-refractivity contribution in [3.63, 3.8) is 0 Å². The minimum absolute atomic E-state index is 0.0886. The Morgan fingerprint density at radius 3 is 1.45 bits per heavy atom. The van der Waals surface area contributed by atoms with Crippen LogP contribution in [0.1, 0.15) is 13.8 Å². The molecule has 0 aromatic carbocycles. The van der Waals surface area contributed by atoms with Crippen LogP contribution in [0.3, 0.4) is 0 Å². The smallest absolute Gasteiger partial charge is 0.295 e. The average molecular weight is 324 g/mol. The molecule has 120 valence electrons. The normalized spacial score (nSPS) is 35.4. The molecule has 0 amide bonds. The molecule has 20 heavy (non-hydrogen) atoms. The van der Waals surface area contributed by atoms with Crippen molar-refractivity contribution in [3.05, 3.63) is 0 Å². The number of halogens is 10. The van der Waals surface area contributed by atoms with Crippen LogP contribution in [0.4, 0.5) is 43.9 Å². The SMILES string of the molecule is CC(F)(F)C1(C)OC(F)(F)C(F)(C(F)(F)C(F)(F)F)O1. The van der Waals surface area contributed by atoms with Gasteiger partial charge in [0.2, 0.25) is 5.79 Å². The minimum atomic E-state index is -6.82. The van der Waals surface area contributed by atoms with Gasteiger partial charge in [-0.1, -0.05) is 0 Å². The third kappa shape index (κ3) is 2.03. The van der Waals surface area contributed by atoms with Gasteiger partial charge < -0.3 is 0 Å². The van der Waals surface area contributed by atoms with Gasteiger partial charge >= 0.3 is 24.1 Å². The monoisotopic (exact) mass is 324 g/mol. The van der Waals surface area contributed by atoms with Crippen molar-refractivity contribution < 1.29 is 53.4 Å². The Hall–Kier alpha value is -0.780. The fourth-order valence-corrected chi connectivity index (χ4v) is 1.27. The Kier molecular flexibility index (Phi) is 3.37. The van der Waals surface area contributed by atoms with Crippen molar-refractivity contribution in [2.45, 2.75) is 49.6 Å². The van der Waals surface area contributed by atoms with Crippen LogP contribution in [0.25, 0.3) is 0 Å². The lowest BCUT2D eigenvalue weighted by molar-refractivity contribution is -0.425. The van der Waals surface area contributed by atoms with Gasteiger partial charge in [0.1, 0.15) is 0 Å². The van der Waals surface area contributed by atoms with Gasteiger partial charge in [0.05, 0.1) is 0 Å². The van der Waals surface area contributed by atoms with Crippen molar-refractivity contribution in [2.75, 3.05) is 0 Å². The number of alkyl halides is 10. The van der Waals surface area contributed by atoms with E-state index in [0.717, 1.165) is 0 Å². The first-order chi connectivity index (χ1) is 8.41. The second kappa shape index (κ2) is 3.90. The first kappa shape index (κ1) is 17.3. The zero-order valence-electron chi connectivity index (χ0n) is 9.60. The van der Waals surface area contributed by atoms with Crippen molar-refractivity contribution in [1.82, 2.24) is 0 Å². The third-order valence-corrected chi connectivity index (χ3v) is 2.59. The van der Waals surface area contributed by atoms with Crippen LogP contribution in [0.15, 0.2) is 0 Å². The summed E-state index contributed by atoms with van der Waals surface area (Å²) < 4.78 is 133. The molecule has 0 aromatic rings. The van der Waals surface area contributed by atoms with Crippen LogP contribution >= 0.6 is 0 Å². The Bertz CT molecular complexity index is 399. The maximum atomic E-state index is 13.5. The highest BCUT2D eigenvalue weighted by atomic mass is 19.4. The average Bonchev–Trinajstić information content (AvgIpc) is 2.31. The first-order valence-corrected chi connectivity index (χ1v) is 4.71. The molecule has 1 fully saturated rings. The lowest BCUT2D eigenvalue weighted by atomic mass is 10.1. The number of ether oxygens (including phenoxy) is 2. The molecule has 0 N–H and O–H groups in total. The Labute approximate surface area is 104 Å². The predicted molar refractivity (Wildman–Crippen MR) is 41.0 cm³/mol. The summed E-state index contributed by atoms with van der Waals surface area (Å²) in [4.78, 5) is 0. The van der Waals surface area contributed by atoms with Crippen LogP contribution in [0.5, 0.6) is 0 Å². The van der Waals surface area contributed by atoms with Gasteiger partial charge in [-0.25, -0.2) is 8.78 Å². The fourth-order valence-electron chi connectivity index (χ4n) is 1.27. The molecule has 2 atom stereocenters. The molecular formula is C8H6F10O2. The van der Waals surface area contributed by atoms with Crippen LogP contribution in [-0.2, 0) is 9.47 Å². The summed E-state index contributed by atoms with van der Waals surface area (Å²) in [6.45, 7) is -0.269. The van der Waals surface area contributed by atoms with Gasteiger partial charge in [0.25, 0.3) is 5.92 Å². The van der Waals surface area contributed by atoms with Gasteiger partial charge in [-0.05, 0) is 6.92 Å². The second-order valence-corrected chi connectivity index (χ2v) is 4.22. The lowest BCUT2D eigenvalue weighted by Gasteiger charge is -2.33. The molecule has 0 aliphatic carbocycles. The standard InChI is InChI=1S/C8H6F10O2/c1-3(9,10)4(2)19-6(13,8(17,18)20-4)5(11,12)7(14,15)16/h1-2H3. The predicted octanol–water partition coefficient (Wildman–Crippen LogP) is 3.86. The summed E-state index contributed by atoms with van der Waals surface area (Å²) in [6.07, 6.45) is -12.8. The lowest BCUT2D eigenvalue weighted by Crippen LogP contribution is -2.62. The van der Waals surface area contributed by atoms with E-state index in [2.05, 4.69) is 9.47 Å². The largest absolute Gasteiger partial charge is 0.459 e. The van der Waals surface area contributed by atoms with Crippen LogP contribution in [0, 0.1) is 0 Å². The summed E-state index contributed by atoms with van der Waals surface area (Å²) in [7, 11) is 0. The van der Waals surface area contributed by atoms with Crippen molar-refractivity contribution in [1.29, 1.82) is 0 Å². The van der Waals surface area contributed by atoms with Gasteiger partial charge in [0, 0.05) is 6.92 Å². The topological polar surface area (TPSA) is 18.5 Å². The molecular weight excluding hydrogens is 318 g/mol. The van der Waals surface area contributed by atoms with Crippen molar-refractivity contribution in [3.8, 4) is 0 Å². The molecule has 2 unspecified atom stereocenters. The zero-order chi connectivity index (χ0) is 16.4. The Morgan fingerprint density at radius 1 is 0.800 bits per heavy atom. The van der Waals surface area contributed by atoms with E-state index < -0.39 is 35.8 Å². The van der Waals surface area contributed by atoms with E-state index in [-0.39, 0.29) is 13.8 Å². The van der Waals surface area contributed by atoms with E-state index in [1.807, 2.05) is 0 Å². The van der Waals surface area contributed by atoms with E-state index >= 15 is 0 Å². The summed E-state index contributed by atoms with van der Waals surface area (Å²) in [5, 5.41) is 0. The molecule has 0 saturated carbocycles. The molecule has 0 aromatic heterocycles. The number of hydrogen-bond donors (Lipinski definition) is 0. The molecule has 0 spiro atoms. The van der Waals surface area contributed by atoms with Crippen molar-refractivity contribution in [2.24, 2.45) is 0 Å². The molecule has 1 aliphatic rings. The van der Waals surface area contributed by atoms with Crippen LogP contribution in [0.2, 0.25) is 0 Å². The van der Waals surface area contributed by atoms with Crippen molar-refractivity contribution >= 4 is 0 Å². The first-order valence-electron chi connectivity index (χ1n) is 4.71. The molecule has 1 aliphatic heterocycles. The third-order valence-electron chi connectivity index (χ3n) is 2.59. The number of rotatable bonds is 2. The maximum Gasteiger partial charge on any atom is 0.459 e. The molecule has 2 nitrogen and oxygen atoms in total. The van der Waals surface area contributed by atoms with Gasteiger partial charge in [0.15, 0.2) is 0 Å². The molecule has 1 heterocycles. The van der Waals surface area contributed by atoms with E-state index in [0.29, 0.717) is 0 Å². The zero-order valence-corrected chi connectivity index (χ0v) is 9.60. The molecule has 0 radical (unpaired) electrons. The van der Waals surface area contributed by atoms with Gasteiger partial charge in [-0.15, -0.1) is 0 Å². The molecule has 12 heteroatoms. The summed E-state index contributed by atoms with van der Waals surface area (Å²) >= 11 is 0. The van der Waals surface area contributed by atoms with E-state index in [9.17, 15) is 43.9 Å². The minimum Gasteiger partial charge on any atom is -0.295 e. The molecule has 1 rings (SSSR count). The summed E-state index contributed by atoms with van der Waals surface area (Å²) in [5.74, 6) is -21.4. The van der Waals surface area contributed by atoms with E-state index in [4.69, 9.17) is 0 Å².